The Morgan fingerprint density at radius 3 is 2.74 bits per heavy atom. The van der Waals surface area contributed by atoms with Gasteiger partial charge in [-0.25, -0.2) is 0 Å². The van der Waals surface area contributed by atoms with Gasteiger partial charge in [-0.1, -0.05) is 30.3 Å². The van der Waals surface area contributed by atoms with E-state index in [0.717, 1.165) is 26.1 Å². The van der Waals surface area contributed by atoms with Gasteiger partial charge in [-0.2, -0.15) is 0 Å². The summed E-state index contributed by atoms with van der Waals surface area (Å²) in [4.78, 5) is 16.5. The molecule has 0 unspecified atom stereocenters. The maximum Gasteiger partial charge on any atom is 0.248 e. The minimum absolute atomic E-state index is 0. The van der Waals surface area contributed by atoms with Crippen molar-refractivity contribution in [3.8, 4) is 0 Å². The van der Waals surface area contributed by atoms with Crippen LogP contribution in [0.2, 0.25) is 0 Å². The van der Waals surface area contributed by atoms with E-state index in [-0.39, 0.29) is 18.0 Å². The van der Waals surface area contributed by atoms with Crippen LogP contribution in [0.15, 0.2) is 47.4 Å². The molecule has 100 valence electrons. The Labute approximate surface area is 118 Å². The van der Waals surface area contributed by atoms with Crippen molar-refractivity contribution in [2.24, 2.45) is 0 Å². The average molecular weight is 277 g/mol. The third-order valence-electron chi connectivity index (χ3n) is 3.45. The molecule has 1 aliphatic heterocycles. The van der Waals surface area contributed by atoms with Gasteiger partial charge in [-0.05, 0) is 23.1 Å². The van der Waals surface area contributed by atoms with Crippen molar-refractivity contribution < 1.29 is 0 Å². The summed E-state index contributed by atoms with van der Waals surface area (Å²) in [6, 6.07) is 12.2. The van der Waals surface area contributed by atoms with Gasteiger partial charge in [0.25, 0.3) is 0 Å². The van der Waals surface area contributed by atoms with Crippen LogP contribution in [-0.2, 0) is 19.5 Å². The molecule has 0 fully saturated rings. The molecule has 4 heteroatoms. The molecule has 0 spiro atoms. The average Bonchev–Trinajstić information content (AvgIpc) is 2.39. The van der Waals surface area contributed by atoms with Gasteiger partial charge >= 0.3 is 0 Å². The van der Waals surface area contributed by atoms with E-state index in [1.165, 1.54) is 16.7 Å². The molecule has 19 heavy (non-hydrogen) atoms. The Kier molecular flexibility index (Phi) is 4.40. The van der Waals surface area contributed by atoms with Crippen molar-refractivity contribution in [3.05, 3.63) is 69.6 Å². The van der Waals surface area contributed by atoms with Crippen LogP contribution < -0.4 is 5.56 Å². The van der Waals surface area contributed by atoms with E-state index in [1.807, 2.05) is 12.3 Å². The molecule has 0 saturated carbocycles. The van der Waals surface area contributed by atoms with Crippen molar-refractivity contribution in [1.82, 2.24) is 9.88 Å². The summed E-state index contributed by atoms with van der Waals surface area (Å²) >= 11 is 0. The first-order valence-electron chi connectivity index (χ1n) is 6.28. The number of aromatic amines is 1. The van der Waals surface area contributed by atoms with Crippen molar-refractivity contribution >= 4 is 12.4 Å². The molecule has 0 amide bonds. The highest BCUT2D eigenvalue weighted by molar-refractivity contribution is 5.85. The number of benzene rings is 1. The molecule has 2 heterocycles. The topological polar surface area (TPSA) is 36.1 Å². The lowest BCUT2D eigenvalue weighted by atomic mass is 10.0. The number of rotatable bonds is 2. The minimum Gasteiger partial charge on any atom is -0.329 e. The molecule has 1 N–H and O–H groups in total. The van der Waals surface area contributed by atoms with Crippen LogP contribution in [0.1, 0.15) is 16.7 Å². The quantitative estimate of drug-likeness (QED) is 0.914. The number of hydrogen-bond acceptors (Lipinski definition) is 2. The van der Waals surface area contributed by atoms with E-state index >= 15 is 0 Å². The molecule has 0 radical (unpaired) electrons. The Balaban J connectivity index is 0.00000133. The van der Waals surface area contributed by atoms with E-state index in [2.05, 4.69) is 34.1 Å². The summed E-state index contributed by atoms with van der Waals surface area (Å²) in [5.74, 6) is 0. The van der Waals surface area contributed by atoms with Gasteiger partial charge in [0.15, 0.2) is 0 Å². The SMILES string of the molecule is Cl.O=c1cc2c(c[nH]1)CCN(Cc1ccccc1)C2. The van der Waals surface area contributed by atoms with Gasteiger partial charge in [-0.3, -0.25) is 9.69 Å². The fraction of sp³-hybridized carbons (Fsp3) is 0.267. The standard InChI is InChI=1S/C15H16N2O.ClH/c18-15-8-14-11-17(7-6-13(14)9-16-15)10-12-4-2-1-3-5-12;/h1-5,8-9H,6-7,10-11H2,(H,16,18);1H. The summed E-state index contributed by atoms with van der Waals surface area (Å²) in [6.07, 6.45) is 2.87. The largest absolute Gasteiger partial charge is 0.329 e. The summed E-state index contributed by atoms with van der Waals surface area (Å²) in [7, 11) is 0. The molecule has 0 bridgehead atoms. The first-order valence-corrected chi connectivity index (χ1v) is 6.28. The smallest absolute Gasteiger partial charge is 0.248 e. The maximum atomic E-state index is 11.3. The fourth-order valence-electron chi connectivity index (χ4n) is 2.50. The number of nitrogens with one attached hydrogen (secondary N) is 1. The minimum atomic E-state index is -0.00434. The number of aromatic nitrogens is 1. The zero-order chi connectivity index (χ0) is 12.4. The number of H-pyrrole nitrogens is 1. The van der Waals surface area contributed by atoms with Gasteiger partial charge in [0.05, 0.1) is 0 Å². The van der Waals surface area contributed by atoms with Crippen LogP contribution >= 0.6 is 12.4 Å². The van der Waals surface area contributed by atoms with Gasteiger partial charge in [0.2, 0.25) is 5.56 Å². The highest BCUT2D eigenvalue weighted by atomic mass is 35.5. The molecule has 0 atom stereocenters. The van der Waals surface area contributed by atoms with Crippen molar-refractivity contribution in [2.75, 3.05) is 6.54 Å². The molecule has 1 aromatic heterocycles. The maximum absolute atomic E-state index is 11.3. The predicted molar refractivity (Wildman–Crippen MR) is 78.6 cm³/mol. The van der Waals surface area contributed by atoms with Crippen molar-refractivity contribution in [1.29, 1.82) is 0 Å². The Morgan fingerprint density at radius 2 is 1.95 bits per heavy atom. The number of nitrogens with zero attached hydrogens (tertiary/aromatic N) is 1. The third kappa shape index (κ3) is 3.25. The highest BCUT2D eigenvalue weighted by Gasteiger charge is 2.16. The Bertz CT molecular complexity index is 595. The number of hydrogen-bond donors (Lipinski definition) is 1. The summed E-state index contributed by atoms with van der Waals surface area (Å²) < 4.78 is 0. The molecular formula is C15H17ClN2O. The summed E-state index contributed by atoms with van der Waals surface area (Å²) in [5.41, 5.74) is 3.76. The lowest BCUT2D eigenvalue weighted by Gasteiger charge is -2.28. The molecular weight excluding hydrogens is 260 g/mol. The second kappa shape index (κ2) is 6.04. The Hall–Kier alpha value is -1.58. The van der Waals surface area contributed by atoms with Crippen LogP contribution in [0.25, 0.3) is 0 Å². The van der Waals surface area contributed by atoms with Crippen LogP contribution in [0.4, 0.5) is 0 Å². The van der Waals surface area contributed by atoms with Crippen molar-refractivity contribution in [2.45, 2.75) is 19.5 Å². The van der Waals surface area contributed by atoms with Crippen LogP contribution in [0, 0.1) is 0 Å². The number of fused-ring (bicyclic) bond motifs is 1. The van der Waals surface area contributed by atoms with E-state index in [1.54, 1.807) is 6.07 Å². The molecule has 1 aliphatic rings. The van der Waals surface area contributed by atoms with Crippen LogP contribution in [-0.4, -0.2) is 16.4 Å². The molecule has 0 aliphatic carbocycles. The predicted octanol–water partition coefficient (Wildman–Crippen LogP) is 2.36. The van der Waals surface area contributed by atoms with E-state index in [0.29, 0.717) is 0 Å². The van der Waals surface area contributed by atoms with Gasteiger partial charge in [0.1, 0.15) is 0 Å². The van der Waals surface area contributed by atoms with E-state index in [4.69, 9.17) is 0 Å². The normalized spacial score (nSPS) is 14.5. The summed E-state index contributed by atoms with van der Waals surface area (Å²) in [6.45, 7) is 2.87. The van der Waals surface area contributed by atoms with Gasteiger partial charge in [-0.15, -0.1) is 12.4 Å². The molecule has 3 rings (SSSR count). The molecule has 2 aromatic rings. The fourth-order valence-corrected chi connectivity index (χ4v) is 2.50. The van der Waals surface area contributed by atoms with E-state index in [9.17, 15) is 4.79 Å². The van der Waals surface area contributed by atoms with Crippen LogP contribution in [0.5, 0.6) is 0 Å². The van der Waals surface area contributed by atoms with Crippen molar-refractivity contribution in [3.63, 3.8) is 0 Å². The van der Waals surface area contributed by atoms with E-state index < -0.39 is 0 Å². The number of pyridine rings is 1. The lowest BCUT2D eigenvalue weighted by molar-refractivity contribution is 0.245. The highest BCUT2D eigenvalue weighted by Crippen LogP contribution is 2.18. The first-order chi connectivity index (χ1) is 8.81. The third-order valence-corrected chi connectivity index (χ3v) is 3.45. The van der Waals surface area contributed by atoms with Crippen LogP contribution in [0.3, 0.4) is 0 Å². The second-order valence-corrected chi connectivity index (χ2v) is 4.79. The molecule has 0 saturated heterocycles. The second-order valence-electron chi connectivity index (χ2n) is 4.79. The Morgan fingerprint density at radius 1 is 1.16 bits per heavy atom. The number of halogens is 1. The zero-order valence-corrected chi connectivity index (χ0v) is 11.5. The summed E-state index contributed by atoms with van der Waals surface area (Å²) in [5, 5.41) is 0. The van der Waals surface area contributed by atoms with Gasteiger partial charge in [0, 0.05) is 31.9 Å². The first kappa shape index (κ1) is 13.8. The lowest BCUT2D eigenvalue weighted by Crippen LogP contribution is -2.31. The zero-order valence-electron chi connectivity index (χ0n) is 10.6. The molecule has 3 nitrogen and oxygen atoms in total. The monoisotopic (exact) mass is 276 g/mol. The van der Waals surface area contributed by atoms with Gasteiger partial charge < -0.3 is 4.98 Å². The molecule has 1 aromatic carbocycles.